The maximum atomic E-state index is 12.2. The summed E-state index contributed by atoms with van der Waals surface area (Å²) in [7, 11) is -6.79. The van der Waals surface area contributed by atoms with Gasteiger partial charge in [-0.2, -0.15) is 4.31 Å². The molecule has 0 aromatic carbocycles. The third kappa shape index (κ3) is 4.83. The fraction of sp³-hybridized carbons (Fsp3) is 1.00. The van der Waals surface area contributed by atoms with Crippen LogP contribution in [0.25, 0.3) is 0 Å². The molecule has 18 heavy (non-hydrogen) atoms. The number of rotatable bonds is 7. The molecule has 0 spiro atoms. The maximum absolute atomic E-state index is 12.2. The number of sulfonamides is 1. The first-order chi connectivity index (χ1) is 8.26. The maximum Gasteiger partial charge on any atom is 0.215 e. The monoisotopic (exact) mass is 298 g/mol. The van der Waals surface area contributed by atoms with Gasteiger partial charge in [0.25, 0.3) is 0 Å². The Hall–Kier alpha value is -0.180. The van der Waals surface area contributed by atoms with E-state index in [1.54, 1.807) is 0 Å². The molecule has 0 heterocycles. The van der Waals surface area contributed by atoms with Crippen molar-refractivity contribution in [3.63, 3.8) is 0 Å². The molecule has 0 aromatic heterocycles. The summed E-state index contributed by atoms with van der Waals surface area (Å²) in [5.74, 6) is -0.675. The first kappa shape index (κ1) is 15.9. The quantitative estimate of drug-likeness (QED) is 0.687. The van der Waals surface area contributed by atoms with Gasteiger partial charge in [-0.3, -0.25) is 0 Å². The van der Waals surface area contributed by atoms with E-state index in [1.165, 1.54) is 4.31 Å². The van der Waals surface area contributed by atoms with Crippen molar-refractivity contribution in [2.75, 3.05) is 30.9 Å². The molecule has 0 amide bonds. The zero-order chi connectivity index (χ0) is 13.8. The first-order valence-corrected chi connectivity index (χ1v) is 9.80. The molecule has 0 aliphatic heterocycles. The van der Waals surface area contributed by atoms with Gasteiger partial charge in [-0.25, -0.2) is 16.8 Å². The Kier molecular flexibility index (Phi) is 5.57. The molecule has 1 saturated carbocycles. The van der Waals surface area contributed by atoms with Crippen molar-refractivity contribution >= 4 is 19.9 Å². The summed E-state index contributed by atoms with van der Waals surface area (Å²) in [5.41, 5.74) is 5.45. The number of hydrogen-bond acceptors (Lipinski definition) is 5. The minimum Gasteiger partial charge on any atom is -0.329 e. The zero-order valence-corrected chi connectivity index (χ0v) is 12.3. The Labute approximate surface area is 110 Å². The van der Waals surface area contributed by atoms with Crippen molar-refractivity contribution in [3.05, 3.63) is 0 Å². The van der Waals surface area contributed by atoms with E-state index in [-0.39, 0.29) is 30.6 Å². The lowest BCUT2D eigenvalue weighted by Gasteiger charge is -2.27. The Morgan fingerprint density at radius 1 is 1.11 bits per heavy atom. The minimum atomic E-state index is -3.53. The molecule has 6 nitrogen and oxygen atoms in total. The highest BCUT2D eigenvalue weighted by molar-refractivity contribution is 7.93. The number of nitrogens with zero attached hydrogens (tertiary/aromatic N) is 1. The molecule has 0 atom stereocenters. The summed E-state index contributed by atoms with van der Waals surface area (Å²) < 4.78 is 47.9. The fourth-order valence-corrected chi connectivity index (χ4v) is 5.58. The van der Waals surface area contributed by atoms with Crippen LogP contribution in [-0.4, -0.2) is 58.0 Å². The van der Waals surface area contributed by atoms with Crippen LogP contribution in [0, 0.1) is 0 Å². The number of nitrogens with two attached hydrogens (primary N) is 1. The van der Waals surface area contributed by atoms with Crippen molar-refractivity contribution in [3.8, 4) is 0 Å². The van der Waals surface area contributed by atoms with Crippen molar-refractivity contribution in [1.82, 2.24) is 4.31 Å². The standard InChI is InChI=1S/C10H22N2O4S2/c1-17(13,14)8-9-18(15,16)12(7-6-11)10-4-2-3-5-10/h10H,2-9,11H2,1H3. The lowest BCUT2D eigenvalue weighted by molar-refractivity contribution is 0.329. The topological polar surface area (TPSA) is 97.5 Å². The van der Waals surface area contributed by atoms with Gasteiger partial charge < -0.3 is 5.73 Å². The van der Waals surface area contributed by atoms with Gasteiger partial charge in [0, 0.05) is 25.4 Å². The van der Waals surface area contributed by atoms with Gasteiger partial charge in [0.2, 0.25) is 10.0 Å². The van der Waals surface area contributed by atoms with Crippen molar-refractivity contribution < 1.29 is 16.8 Å². The van der Waals surface area contributed by atoms with E-state index in [1.807, 2.05) is 0 Å². The third-order valence-electron chi connectivity index (χ3n) is 3.15. The molecule has 1 aliphatic rings. The van der Waals surface area contributed by atoms with E-state index in [4.69, 9.17) is 5.73 Å². The highest BCUT2D eigenvalue weighted by Gasteiger charge is 2.31. The molecule has 8 heteroatoms. The second kappa shape index (κ2) is 6.31. The van der Waals surface area contributed by atoms with E-state index in [0.717, 1.165) is 31.9 Å². The predicted octanol–water partition coefficient (Wildman–Crippen LogP) is -0.436. The largest absolute Gasteiger partial charge is 0.329 e. The van der Waals surface area contributed by atoms with Gasteiger partial charge in [0.15, 0.2) is 0 Å². The molecule has 0 aromatic rings. The fourth-order valence-electron chi connectivity index (χ4n) is 2.24. The van der Waals surface area contributed by atoms with Gasteiger partial charge in [-0.05, 0) is 12.8 Å². The van der Waals surface area contributed by atoms with Gasteiger partial charge >= 0.3 is 0 Å². The van der Waals surface area contributed by atoms with Crippen molar-refractivity contribution in [1.29, 1.82) is 0 Å². The average Bonchev–Trinajstić information content (AvgIpc) is 2.75. The summed E-state index contributed by atoms with van der Waals surface area (Å²) in [6, 6.07) is -0.00175. The lowest BCUT2D eigenvalue weighted by Crippen LogP contribution is -2.44. The van der Waals surface area contributed by atoms with Crippen LogP contribution in [0.2, 0.25) is 0 Å². The molecule has 1 fully saturated rings. The number of hydrogen-bond donors (Lipinski definition) is 1. The lowest BCUT2D eigenvalue weighted by atomic mass is 10.2. The summed E-state index contributed by atoms with van der Waals surface area (Å²) in [4.78, 5) is 0. The highest BCUT2D eigenvalue weighted by atomic mass is 32.2. The highest BCUT2D eigenvalue weighted by Crippen LogP contribution is 2.25. The van der Waals surface area contributed by atoms with E-state index >= 15 is 0 Å². The molecular formula is C10H22N2O4S2. The smallest absolute Gasteiger partial charge is 0.215 e. The van der Waals surface area contributed by atoms with E-state index in [9.17, 15) is 16.8 Å². The first-order valence-electron chi connectivity index (χ1n) is 6.13. The van der Waals surface area contributed by atoms with Crippen LogP contribution in [0.1, 0.15) is 25.7 Å². The molecule has 108 valence electrons. The molecule has 2 N–H and O–H groups in total. The van der Waals surface area contributed by atoms with E-state index < -0.39 is 19.9 Å². The molecule has 0 radical (unpaired) electrons. The summed E-state index contributed by atoms with van der Waals surface area (Å²) in [6.45, 7) is 0.533. The Bertz CT molecular complexity index is 452. The van der Waals surface area contributed by atoms with Crippen LogP contribution in [0.5, 0.6) is 0 Å². The average molecular weight is 298 g/mol. The third-order valence-corrected chi connectivity index (χ3v) is 6.27. The molecule has 0 saturated heterocycles. The number of sulfone groups is 1. The Balaban J connectivity index is 2.76. The second-order valence-electron chi connectivity index (χ2n) is 4.78. The van der Waals surface area contributed by atoms with E-state index in [2.05, 4.69) is 0 Å². The van der Waals surface area contributed by atoms with Crippen LogP contribution in [0.4, 0.5) is 0 Å². The summed E-state index contributed by atoms with van der Waals surface area (Å²) in [6.07, 6.45) is 4.78. The van der Waals surface area contributed by atoms with Gasteiger partial charge in [0.05, 0.1) is 11.5 Å². The van der Waals surface area contributed by atoms with Crippen LogP contribution in [0.15, 0.2) is 0 Å². The summed E-state index contributed by atoms with van der Waals surface area (Å²) >= 11 is 0. The Morgan fingerprint density at radius 3 is 2.11 bits per heavy atom. The van der Waals surface area contributed by atoms with Gasteiger partial charge in [-0.15, -0.1) is 0 Å². The predicted molar refractivity (Wildman–Crippen MR) is 71.5 cm³/mol. The Morgan fingerprint density at radius 2 is 1.67 bits per heavy atom. The van der Waals surface area contributed by atoms with Crippen molar-refractivity contribution in [2.45, 2.75) is 31.7 Å². The van der Waals surface area contributed by atoms with Crippen LogP contribution in [0.3, 0.4) is 0 Å². The zero-order valence-electron chi connectivity index (χ0n) is 10.7. The normalized spacial score (nSPS) is 18.6. The van der Waals surface area contributed by atoms with Crippen LogP contribution >= 0.6 is 0 Å². The van der Waals surface area contributed by atoms with Gasteiger partial charge in [0.1, 0.15) is 9.84 Å². The molecular weight excluding hydrogens is 276 g/mol. The molecule has 1 aliphatic carbocycles. The molecule has 0 bridgehead atoms. The SMILES string of the molecule is CS(=O)(=O)CCS(=O)(=O)N(CCN)C1CCCC1. The second-order valence-corrected chi connectivity index (χ2v) is 9.08. The molecule has 0 unspecified atom stereocenters. The van der Waals surface area contributed by atoms with Crippen LogP contribution < -0.4 is 5.73 Å². The minimum absolute atomic E-state index is 0.00175. The van der Waals surface area contributed by atoms with Crippen molar-refractivity contribution in [2.24, 2.45) is 5.73 Å². The van der Waals surface area contributed by atoms with Crippen LogP contribution in [-0.2, 0) is 19.9 Å². The summed E-state index contributed by atoms with van der Waals surface area (Å²) in [5, 5.41) is 0. The van der Waals surface area contributed by atoms with Gasteiger partial charge in [-0.1, -0.05) is 12.8 Å². The van der Waals surface area contributed by atoms with E-state index in [0.29, 0.717) is 0 Å². The molecule has 1 rings (SSSR count).